The predicted octanol–water partition coefficient (Wildman–Crippen LogP) is 2.21. The van der Waals surface area contributed by atoms with Gasteiger partial charge in [0, 0.05) is 49.1 Å². The van der Waals surface area contributed by atoms with Gasteiger partial charge in [-0.1, -0.05) is 12.1 Å². The molecule has 2 unspecified atom stereocenters. The summed E-state index contributed by atoms with van der Waals surface area (Å²) in [5, 5.41) is 14.0. The van der Waals surface area contributed by atoms with E-state index in [0.29, 0.717) is 36.0 Å². The number of nitrogens with one attached hydrogen (secondary N) is 1. The highest BCUT2D eigenvalue weighted by Crippen LogP contribution is 2.22. The molecular weight excluding hydrogens is 410 g/mol. The fourth-order valence-electron chi connectivity index (χ4n) is 3.34. The van der Waals surface area contributed by atoms with Crippen LogP contribution in [-0.4, -0.2) is 65.2 Å². The molecule has 1 N–H and O–H groups in total. The Labute approximate surface area is 175 Å². The van der Waals surface area contributed by atoms with Crippen LogP contribution in [0.15, 0.2) is 30.3 Å². The SMILES string of the molecule is Cc1cc(NCCS(=O)(=O)N2CC(C)OC(C)C2)nc(-c2cccc([N+](=O)[O-])c2)n1. The Hall–Kier alpha value is -2.63. The van der Waals surface area contributed by atoms with Crippen molar-refractivity contribution in [2.24, 2.45) is 0 Å². The van der Waals surface area contributed by atoms with E-state index in [1.54, 1.807) is 25.1 Å². The Morgan fingerprint density at radius 1 is 1.23 bits per heavy atom. The molecule has 1 aromatic carbocycles. The van der Waals surface area contributed by atoms with Crippen LogP contribution < -0.4 is 5.32 Å². The molecule has 0 saturated carbocycles. The minimum absolute atomic E-state index is 0.0489. The molecule has 2 atom stereocenters. The van der Waals surface area contributed by atoms with Gasteiger partial charge < -0.3 is 10.1 Å². The van der Waals surface area contributed by atoms with Crippen molar-refractivity contribution in [1.29, 1.82) is 0 Å². The van der Waals surface area contributed by atoms with Gasteiger partial charge in [0.25, 0.3) is 5.69 Å². The second-order valence-corrected chi connectivity index (χ2v) is 9.43. The van der Waals surface area contributed by atoms with E-state index in [2.05, 4.69) is 15.3 Å². The van der Waals surface area contributed by atoms with Gasteiger partial charge >= 0.3 is 0 Å². The van der Waals surface area contributed by atoms with E-state index in [1.165, 1.54) is 16.4 Å². The number of sulfonamides is 1. The molecule has 0 amide bonds. The molecule has 3 rings (SSSR count). The summed E-state index contributed by atoms with van der Waals surface area (Å²) in [6.07, 6.45) is -0.281. The maximum atomic E-state index is 12.7. The number of hydrogen-bond donors (Lipinski definition) is 1. The van der Waals surface area contributed by atoms with Gasteiger partial charge in [-0.15, -0.1) is 0 Å². The molecule has 1 aliphatic heterocycles. The number of nitro groups is 1. The lowest BCUT2D eigenvalue weighted by atomic mass is 10.2. The van der Waals surface area contributed by atoms with Crippen molar-refractivity contribution in [3.8, 4) is 11.4 Å². The van der Waals surface area contributed by atoms with Crippen molar-refractivity contribution in [2.75, 3.05) is 30.7 Å². The molecule has 1 aromatic heterocycles. The summed E-state index contributed by atoms with van der Waals surface area (Å²) in [6, 6.07) is 7.77. The number of morpholine rings is 1. The predicted molar refractivity (Wildman–Crippen MR) is 113 cm³/mol. The Morgan fingerprint density at radius 3 is 2.60 bits per heavy atom. The van der Waals surface area contributed by atoms with Gasteiger partial charge in [-0.05, 0) is 20.8 Å². The first-order chi connectivity index (χ1) is 14.1. The summed E-state index contributed by atoms with van der Waals surface area (Å²) in [5.41, 5.74) is 1.12. The molecule has 0 aliphatic carbocycles. The zero-order valence-corrected chi connectivity index (χ0v) is 17.9. The highest BCUT2D eigenvalue weighted by molar-refractivity contribution is 7.89. The van der Waals surface area contributed by atoms with E-state index in [-0.39, 0.29) is 30.2 Å². The molecule has 162 valence electrons. The van der Waals surface area contributed by atoms with Crippen molar-refractivity contribution >= 4 is 21.5 Å². The molecule has 1 saturated heterocycles. The van der Waals surface area contributed by atoms with Crippen LogP contribution in [0.4, 0.5) is 11.5 Å². The van der Waals surface area contributed by atoms with Crippen LogP contribution >= 0.6 is 0 Å². The highest BCUT2D eigenvalue weighted by Gasteiger charge is 2.30. The number of anilines is 1. The number of rotatable bonds is 7. The first-order valence-corrected chi connectivity index (χ1v) is 11.2. The van der Waals surface area contributed by atoms with Crippen LogP contribution in [0, 0.1) is 17.0 Å². The van der Waals surface area contributed by atoms with E-state index < -0.39 is 14.9 Å². The maximum Gasteiger partial charge on any atom is 0.270 e. The fourth-order valence-corrected chi connectivity index (χ4v) is 4.83. The number of ether oxygens (including phenoxy) is 1. The van der Waals surface area contributed by atoms with Crippen LogP contribution in [0.3, 0.4) is 0 Å². The van der Waals surface area contributed by atoms with E-state index in [9.17, 15) is 18.5 Å². The van der Waals surface area contributed by atoms with Crippen LogP contribution in [0.2, 0.25) is 0 Å². The lowest BCUT2D eigenvalue weighted by Gasteiger charge is -2.34. The molecule has 30 heavy (non-hydrogen) atoms. The van der Waals surface area contributed by atoms with Crippen LogP contribution in [0.5, 0.6) is 0 Å². The number of benzene rings is 1. The third-order valence-corrected chi connectivity index (χ3v) is 6.42. The third kappa shape index (κ3) is 5.49. The van der Waals surface area contributed by atoms with Gasteiger partial charge in [-0.3, -0.25) is 10.1 Å². The number of non-ortho nitro benzene ring substituents is 1. The first-order valence-electron chi connectivity index (χ1n) is 9.62. The number of hydrogen-bond acceptors (Lipinski definition) is 8. The van der Waals surface area contributed by atoms with Crippen molar-refractivity contribution < 1.29 is 18.1 Å². The Balaban J connectivity index is 1.69. The molecule has 1 fully saturated rings. The molecule has 0 bridgehead atoms. The summed E-state index contributed by atoms with van der Waals surface area (Å²) in [5.74, 6) is 0.713. The van der Waals surface area contributed by atoms with Crippen molar-refractivity contribution in [1.82, 2.24) is 14.3 Å². The standard InChI is InChI=1S/C19H25N5O5S/c1-13-9-18(22-19(21-13)16-5-4-6-17(10-16)24(25)26)20-7-8-30(27,28)23-11-14(2)29-15(3)12-23/h4-6,9-10,14-15H,7-8,11-12H2,1-3H3,(H,20,21,22). The van der Waals surface area contributed by atoms with E-state index in [0.717, 1.165) is 0 Å². The van der Waals surface area contributed by atoms with Crippen molar-refractivity contribution in [3.63, 3.8) is 0 Å². The number of aryl methyl sites for hydroxylation is 1. The van der Waals surface area contributed by atoms with Crippen LogP contribution in [-0.2, 0) is 14.8 Å². The summed E-state index contributed by atoms with van der Waals surface area (Å²) in [6.45, 7) is 6.35. The van der Waals surface area contributed by atoms with E-state index in [1.807, 2.05) is 13.8 Å². The summed E-state index contributed by atoms with van der Waals surface area (Å²) in [4.78, 5) is 19.3. The minimum Gasteiger partial charge on any atom is -0.373 e. The highest BCUT2D eigenvalue weighted by atomic mass is 32.2. The average molecular weight is 436 g/mol. The molecule has 10 nitrogen and oxygen atoms in total. The van der Waals surface area contributed by atoms with Gasteiger partial charge in [-0.2, -0.15) is 4.31 Å². The zero-order chi connectivity index (χ0) is 21.9. The monoisotopic (exact) mass is 435 g/mol. The van der Waals surface area contributed by atoms with Gasteiger partial charge in [0.05, 0.1) is 22.9 Å². The second kappa shape index (κ2) is 9.02. The Kier molecular flexibility index (Phi) is 6.64. The summed E-state index contributed by atoms with van der Waals surface area (Å²) < 4.78 is 32.4. The van der Waals surface area contributed by atoms with Gasteiger partial charge in [0.1, 0.15) is 5.82 Å². The first kappa shape index (κ1) is 22.1. The number of nitrogens with zero attached hydrogens (tertiary/aromatic N) is 4. The van der Waals surface area contributed by atoms with E-state index >= 15 is 0 Å². The number of nitro benzene ring substituents is 1. The Morgan fingerprint density at radius 2 is 1.93 bits per heavy atom. The largest absolute Gasteiger partial charge is 0.373 e. The van der Waals surface area contributed by atoms with Crippen molar-refractivity contribution in [2.45, 2.75) is 33.0 Å². The molecule has 2 heterocycles. The molecule has 0 spiro atoms. The minimum atomic E-state index is -3.43. The van der Waals surface area contributed by atoms with Gasteiger partial charge in [-0.25, -0.2) is 18.4 Å². The van der Waals surface area contributed by atoms with Gasteiger partial charge in [0.15, 0.2) is 5.82 Å². The lowest BCUT2D eigenvalue weighted by Crippen LogP contribution is -2.49. The zero-order valence-electron chi connectivity index (χ0n) is 17.1. The fraction of sp³-hybridized carbons (Fsp3) is 0.474. The quantitative estimate of drug-likeness (QED) is 0.518. The molecule has 1 aliphatic rings. The summed E-state index contributed by atoms with van der Waals surface area (Å²) in [7, 11) is -3.43. The maximum absolute atomic E-state index is 12.7. The molecule has 0 radical (unpaired) electrons. The smallest absolute Gasteiger partial charge is 0.270 e. The van der Waals surface area contributed by atoms with Crippen LogP contribution in [0.1, 0.15) is 19.5 Å². The Bertz CT molecular complexity index is 1020. The van der Waals surface area contributed by atoms with Crippen LogP contribution in [0.25, 0.3) is 11.4 Å². The molecule has 11 heteroatoms. The average Bonchev–Trinajstić information content (AvgIpc) is 2.67. The lowest BCUT2D eigenvalue weighted by molar-refractivity contribution is -0.384. The normalized spacial score (nSPS) is 20.1. The molecule has 2 aromatic rings. The van der Waals surface area contributed by atoms with Gasteiger partial charge in [0.2, 0.25) is 10.0 Å². The topological polar surface area (TPSA) is 128 Å². The van der Waals surface area contributed by atoms with E-state index in [4.69, 9.17) is 4.74 Å². The third-order valence-electron chi connectivity index (χ3n) is 4.62. The second-order valence-electron chi connectivity index (χ2n) is 7.34. The molecular formula is C19H25N5O5S. The van der Waals surface area contributed by atoms with Crippen molar-refractivity contribution in [3.05, 3.63) is 46.1 Å². The summed E-state index contributed by atoms with van der Waals surface area (Å²) >= 11 is 0. The number of aromatic nitrogens is 2.